The zero-order chi connectivity index (χ0) is 19.9. The molecule has 27 heavy (non-hydrogen) atoms. The smallest absolute Gasteiger partial charge is 0.222 e. The van der Waals surface area contributed by atoms with E-state index >= 15 is 0 Å². The van der Waals surface area contributed by atoms with Gasteiger partial charge >= 0.3 is 0 Å². The van der Waals surface area contributed by atoms with Crippen LogP contribution in [-0.2, 0) is 26.9 Å². The molecule has 0 saturated carbocycles. The number of nitrogens with one attached hydrogen (secondary N) is 2. The van der Waals surface area contributed by atoms with Crippen LogP contribution in [0.3, 0.4) is 0 Å². The number of carbonyl (C=O) groups is 1. The molecule has 1 aromatic carbocycles. The minimum absolute atomic E-state index is 0.0510. The van der Waals surface area contributed by atoms with Crippen molar-refractivity contribution >= 4 is 21.7 Å². The number of likely N-dealkylation sites (tertiary alicyclic amines) is 1. The van der Waals surface area contributed by atoms with Crippen molar-refractivity contribution in [3.63, 3.8) is 0 Å². The van der Waals surface area contributed by atoms with Crippen molar-refractivity contribution < 1.29 is 13.2 Å². The Morgan fingerprint density at radius 2 is 1.89 bits per heavy atom. The van der Waals surface area contributed by atoms with Crippen LogP contribution in [0.5, 0.6) is 0 Å². The molecule has 8 heteroatoms. The first-order chi connectivity index (χ1) is 12.8. The van der Waals surface area contributed by atoms with Crippen LogP contribution in [0, 0.1) is 0 Å². The van der Waals surface area contributed by atoms with Crippen LogP contribution in [0.15, 0.2) is 29.3 Å². The molecule has 0 radical (unpaired) electrons. The summed E-state index contributed by atoms with van der Waals surface area (Å²) in [4.78, 5) is 18.3. The predicted molar refractivity (Wildman–Crippen MR) is 108 cm³/mol. The molecule has 2 N–H and O–H groups in total. The molecular weight excluding hydrogens is 364 g/mol. The van der Waals surface area contributed by atoms with E-state index in [4.69, 9.17) is 0 Å². The average Bonchev–Trinajstić information content (AvgIpc) is 3.07. The average molecular weight is 395 g/mol. The zero-order valence-corrected chi connectivity index (χ0v) is 17.2. The van der Waals surface area contributed by atoms with Gasteiger partial charge in [0.1, 0.15) is 0 Å². The fraction of sp³-hybridized carbons (Fsp3) is 0.579. The molecule has 0 spiro atoms. The number of aliphatic imine (C=N–C) groups is 1. The van der Waals surface area contributed by atoms with Gasteiger partial charge in [-0.2, -0.15) is 0 Å². The van der Waals surface area contributed by atoms with Crippen LogP contribution in [-0.4, -0.2) is 57.1 Å². The van der Waals surface area contributed by atoms with Crippen molar-refractivity contribution in [1.82, 2.24) is 15.5 Å². The third-order valence-corrected chi connectivity index (χ3v) is 5.26. The van der Waals surface area contributed by atoms with Gasteiger partial charge < -0.3 is 15.5 Å². The maximum atomic E-state index is 11.8. The van der Waals surface area contributed by atoms with Gasteiger partial charge in [0.2, 0.25) is 5.91 Å². The van der Waals surface area contributed by atoms with E-state index in [-0.39, 0.29) is 17.7 Å². The highest BCUT2D eigenvalue weighted by molar-refractivity contribution is 7.89. The molecule has 1 heterocycles. The fourth-order valence-electron chi connectivity index (χ4n) is 3.06. The summed E-state index contributed by atoms with van der Waals surface area (Å²) in [5.74, 6) is 0.971. The number of nitrogens with zero attached hydrogens (tertiary/aromatic N) is 2. The summed E-state index contributed by atoms with van der Waals surface area (Å²) >= 11 is 0. The van der Waals surface area contributed by atoms with E-state index in [0.29, 0.717) is 19.5 Å². The molecule has 1 fully saturated rings. The maximum Gasteiger partial charge on any atom is 0.222 e. The van der Waals surface area contributed by atoms with Crippen molar-refractivity contribution in [3.8, 4) is 0 Å². The standard InChI is InChI=1S/C19H30N4O3S/c1-4-18(24)23-11-10-17(13-23)22-19(20-5-2)21-12-15-6-8-16(9-7-15)14-27(3,25)26/h6-9,17H,4-5,10-14H2,1-3H3,(H2,20,21,22). The molecule has 1 aliphatic rings. The van der Waals surface area contributed by atoms with E-state index in [9.17, 15) is 13.2 Å². The van der Waals surface area contributed by atoms with Gasteiger partial charge in [-0.15, -0.1) is 0 Å². The molecule has 1 saturated heterocycles. The lowest BCUT2D eigenvalue weighted by Crippen LogP contribution is -2.45. The molecule has 1 atom stereocenters. The number of carbonyl (C=O) groups excluding carboxylic acids is 1. The van der Waals surface area contributed by atoms with Crippen LogP contribution in [0.2, 0.25) is 0 Å². The molecule has 1 amide bonds. The Bertz CT molecular complexity index is 760. The maximum absolute atomic E-state index is 11.8. The normalized spacial score (nSPS) is 17.8. The minimum atomic E-state index is -3.02. The van der Waals surface area contributed by atoms with E-state index < -0.39 is 9.84 Å². The molecule has 1 aliphatic heterocycles. The summed E-state index contributed by atoms with van der Waals surface area (Å²) in [5.41, 5.74) is 1.79. The second-order valence-electron chi connectivity index (χ2n) is 6.90. The number of sulfone groups is 1. The lowest BCUT2D eigenvalue weighted by atomic mass is 10.1. The van der Waals surface area contributed by atoms with Gasteiger partial charge in [0, 0.05) is 38.4 Å². The van der Waals surface area contributed by atoms with E-state index in [1.807, 2.05) is 43.0 Å². The number of guanidine groups is 1. The van der Waals surface area contributed by atoms with Gasteiger partial charge in [-0.1, -0.05) is 31.2 Å². The van der Waals surface area contributed by atoms with Crippen molar-refractivity contribution in [2.75, 3.05) is 25.9 Å². The second kappa shape index (κ2) is 9.73. The van der Waals surface area contributed by atoms with Crippen LogP contribution < -0.4 is 10.6 Å². The lowest BCUT2D eigenvalue weighted by Gasteiger charge is -2.18. The topological polar surface area (TPSA) is 90.9 Å². The molecule has 1 unspecified atom stereocenters. The van der Waals surface area contributed by atoms with E-state index in [1.54, 1.807) is 0 Å². The molecule has 0 bridgehead atoms. The third-order valence-electron chi connectivity index (χ3n) is 4.40. The first kappa shape index (κ1) is 21.2. The van der Waals surface area contributed by atoms with Crippen LogP contribution in [0.4, 0.5) is 0 Å². The van der Waals surface area contributed by atoms with E-state index in [2.05, 4.69) is 15.6 Å². The quantitative estimate of drug-likeness (QED) is 0.537. The van der Waals surface area contributed by atoms with Gasteiger partial charge in [-0.3, -0.25) is 4.79 Å². The summed E-state index contributed by atoms with van der Waals surface area (Å²) in [6, 6.07) is 7.68. The Labute approximate surface area is 162 Å². The lowest BCUT2D eigenvalue weighted by molar-refractivity contribution is -0.129. The summed E-state index contributed by atoms with van der Waals surface area (Å²) < 4.78 is 22.7. The highest BCUT2D eigenvalue weighted by Gasteiger charge is 2.25. The van der Waals surface area contributed by atoms with Crippen molar-refractivity contribution in [2.24, 2.45) is 4.99 Å². The first-order valence-electron chi connectivity index (χ1n) is 9.39. The Hall–Kier alpha value is -2.09. The van der Waals surface area contributed by atoms with Crippen molar-refractivity contribution in [2.45, 2.75) is 45.0 Å². The Morgan fingerprint density at radius 3 is 2.48 bits per heavy atom. The highest BCUT2D eigenvalue weighted by atomic mass is 32.2. The van der Waals surface area contributed by atoms with Crippen LogP contribution in [0.25, 0.3) is 0 Å². The van der Waals surface area contributed by atoms with Gasteiger partial charge in [-0.25, -0.2) is 13.4 Å². The van der Waals surface area contributed by atoms with Crippen molar-refractivity contribution in [3.05, 3.63) is 35.4 Å². The minimum Gasteiger partial charge on any atom is -0.357 e. The summed E-state index contributed by atoms with van der Waals surface area (Å²) in [5, 5.41) is 6.64. The van der Waals surface area contributed by atoms with Gasteiger partial charge in [0.25, 0.3) is 0 Å². The molecule has 0 aromatic heterocycles. The monoisotopic (exact) mass is 394 g/mol. The molecule has 7 nitrogen and oxygen atoms in total. The largest absolute Gasteiger partial charge is 0.357 e. The van der Waals surface area contributed by atoms with Crippen molar-refractivity contribution in [1.29, 1.82) is 0 Å². The Kier molecular flexibility index (Phi) is 7.65. The number of hydrogen-bond donors (Lipinski definition) is 2. The fourth-order valence-corrected chi connectivity index (χ4v) is 3.85. The molecule has 2 rings (SSSR count). The number of hydrogen-bond acceptors (Lipinski definition) is 4. The summed E-state index contributed by atoms with van der Waals surface area (Å²) in [6.07, 6.45) is 2.68. The van der Waals surface area contributed by atoms with E-state index in [1.165, 1.54) is 6.26 Å². The number of benzene rings is 1. The third kappa shape index (κ3) is 7.21. The first-order valence-corrected chi connectivity index (χ1v) is 11.4. The number of amides is 1. The zero-order valence-electron chi connectivity index (χ0n) is 16.4. The molecular formula is C19H30N4O3S. The van der Waals surface area contributed by atoms with E-state index in [0.717, 1.165) is 36.6 Å². The predicted octanol–water partition coefficient (Wildman–Crippen LogP) is 1.30. The molecule has 1 aromatic rings. The number of rotatable bonds is 7. The molecule has 150 valence electrons. The van der Waals surface area contributed by atoms with Crippen LogP contribution >= 0.6 is 0 Å². The second-order valence-corrected chi connectivity index (χ2v) is 9.05. The Morgan fingerprint density at radius 1 is 1.22 bits per heavy atom. The molecule has 0 aliphatic carbocycles. The van der Waals surface area contributed by atoms with Gasteiger partial charge in [0.15, 0.2) is 15.8 Å². The SMILES string of the molecule is CCNC(=NCc1ccc(CS(C)(=O)=O)cc1)NC1CCN(C(=O)CC)C1. The summed E-state index contributed by atoms with van der Waals surface area (Å²) in [6.45, 7) is 6.64. The Balaban J connectivity index is 1.94. The van der Waals surface area contributed by atoms with Crippen LogP contribution in [0.1, 0.15) is 37.8 Å². The highest BCUT2D eigenvalue weighted by Crippen LogP contribution is 2.11. The summed E-state index contributed by atoms with van der Waals surface area (Å²) in [7, 11) is -3.02. The van der Waals surface area contributed by atoms with Gasteiger partial charge in [0.05, 0.1) is 12.3 Å². The van der Waals surface area contributed by atoms with Gasteiger partial charge in [-0.05, 0) is 24.5 Å².